The van der Waals surface area contributed by atoms with Gasteiger partial charge in [0.2, 0.25) is 0 Å². The Balaban J connectivity index is 2.15. The number of esters is 1. The van der Waals surface area contributed by atoms with E-state index in [1.807, 2.05) is 43.3 Å². The third-order valence-electron chi connectivity index (χ3n) is 3.51. The minimum absolute atomic E-state index is 0.0570. The second-order valence-electron chi connectivity index (χ2n) is 5.49. The summed E-state index contributed by atoms with van der Waals surface area (Å²) < 4.78 is 16.2. The van der Waals surface area contributed by atoms with Crippen LogP contribution >= 0.6 is 0 Å². The zero-order valence-corrected chi connectivity index (χ0v) is 14.9. The number of benzene rings is 2. The molecule has 2 aromatic carbocycles. The van der Waals surface area contributed by atoms with Gasteiger partial charge in [0.25, 0.3) is 0 Å². The van der Waals surface area contributed by atoms with Crippen LogP contribution in [0.2, 0.25) is 0 Å². The van der Waals surface area contributed by atoms with Gasteiger partial charge in [0.1, 0.15) is 18.2 Å². The van der Waals surface area contributed by atoms with Gasteiger partial charge in [-0.05, 0) is 35.8 Å². The fourth-order valence-electron chi connectivity index (χ4n) is 2.20. The monoisotopic (exact) mass is 351 g/mol. The molecule has 0 aromatic heterocycles. The van der Waals surface area contributed by atoms with Crippen molar-refractivity contribution in [2.24, 2.45) is 0 Å². The minimum atomic E-state index is -0.627. The van der Waals surface area contributed by atoms with Crippen LogP contribution in [0, 0.1) is 11.3 Å². The lowest BCUT2D eigenvalue weighted by atomic mass is 10.1. The third kappa shape index (κ3) is 5.38. The Bertz CT molecular complexity index is 807. The van der Waals surface area contributed by atoms with E-state index in [0.717, 1.165) is 5.56 Å². The standard InChI is InChI=1S/C21H21NO4/c1-3-11-25-21(23)18(14-22)12-17-9-10-19(20(13-17)24-2)26-15-16-7-5-4-6-8-16/h4-10,12-13H,3,11,15H2,1-2H3/b18-12+. The Morgan fingerprint density at radius 3 is 2.58 bits per heavy atom. The van der Waals surface area contributed by atoms with Crippen molar-refractivity contribution >= 4 is 12.0 Å². The van der Waals surface area contributed by atoms with Gasteiger partial charge in [-0.15, -0.1) is 0 Å². The number of hydrogen-bond donors (Lipinski definition) is 0. The van der Waals surface area contributed by atoms with E-state index in [-0.39, 0.29) is 12.2 Å². The molecule has 0 bridgehead atoms. The molecule has 0 unspecified atom stereocenters. The molecule has 0 aliphatic rings. The van der Waals surface area contributed by atoms with Gasteiger partial charge in [0, 0.05) is 0 Å². The summed E-state index contributed by atoms with van der Waals surface area (Å²) in [7, 11) is 1.54. The fourth-order valence-corrected chi connectivity index (χ4v) is 2.20. The van der Waals surface area contributed by atoms with Crippen molar-refractivity contribution in [1.29, 1.82) is 5.26 Å². The Morgan fingerprint density at radius 2 is 1.92 bits per heavy atom. The molecule has 0 spiro atoms. The molecular formula is C21H21NO4. The van der Waals surface area contributed by atoms with Crippen molar-refractivity contribution in [3.8, 4) is 17.6 Å². The van der Waals surface area contributed by atoms with E-state index in [1.165, 1.54) is 6.08 Å². The highest BCUT2D eigenvalue weighted by Gasteiger charge is 2.12. The molecule has 0 amide bonds. The van der Waals surface area contributed by atoms with E-state index in [9.17, 15) is 10.1 Å². The Hall–Kier alpha value is -3.26. The van der Waals surface area contributed by atoms with E-state index in [1.54, 1.807) is 25.3 Å². The maximum atomic E-state index is 11.8. The van der Waals surface area contributed by atoms with Crippen molar-refractivity contribution in [2.75, 3.05) is 13.7 Å². The van der Waals surface area contributed by atoms with Crippen LogP contribution in [0.15, 0.2) is 54.1 Å². The Morgan fingerprint density at radius 1 is 1.15 bits per heavy atom. The summed E-state index contributed by atoms with van der Waals surface area (Å²) in [6.07, 6.45) is 2.17. The number of carbonyl (C=O) groups is 1. The smallest absolute Gasteiger partial charge is 0.348 e. The van der Waals surface area contributed by atoms with Crippen molar-refractivity contribution in [1.82, 2.24) is 0 Å². The first-order valence-electron chi connectivity index (χ1n) is 8.31. The zero-order chi connectivity index (χ0) is 18.8. The summed E-state index contributed by atoms with van der Waals surface area (Å²) >= 11 is 0. The number of nitrogens with zero attached hydrogens (tertiary/aromatic N) is 1. The summed E-state index contributed by atoms with van der Waals surface area (Å²) in [5, 5.41) is 9.17. The van der Waals surface area contributed by atoms with Crippen LogP contribution < -0.4 is 9.47 Å². The number of carbonyl (C=O) groups excluding carboxylic acids is 1. The van der Waals surface area contributed by atoms with Crippen molar-refractivity contribution in [3.63, 3.8) is 0 Å². The van der Waals surface area contributed by atoms with Gasteiger partial charge in [-0.2, -0.15) is 5.26 Å². The maximum Gasteiger partial charge on any atom is 0.348 e. The third-order valence-corrected chi connectivity index (χ3v) is 3.51. The highest BCUT2D eigenvalue weighted by Crippen LogP contribution is 2.29. The number of rotatable bonds is 8. The van der Waals surface area contributed by atoms with Crippen molar-refractivity contribution < 1.29 is 19.0 Å². The molecule has 2 rings (SSSR count). The quantitative estimate of drug-likeness (QED) is 0.406. The number of ether oxygens (including phenoxy) is 3. The molecule has 134 valence electrons. The van der Waals surface area contributed by atoms with E-state index in [2.05, 4.69) is 0 Å². The summed E-state index contributed by atoms with van der Waals surface area (Å²) in [5.74, 6) is 0.479. The first kappa shape index (κ1) is 19.1. The SMILES string of the molecule is CCCOC(=O)/C(C#N)=C/c1ccc(OCc2ccccc2)c(OC)c1. The van der Waals surface area contributed by atoms with Gasteiger partial charge < -0.3 is 14.2 Å². The molecule has 0 N–H and O–H groups in total. The van der Waals surface area contributed by atoms with E-state index in [0.29, 0.717) is 30.1 Å². The Kier molecular flexibility index (Phi) is 7.26. The van der Waals surface area contributed by atoms with Gasteiger partial charge in [0.15, 0.2) is 11.5 Å². The molecule has 0 saturated heterocycles. The van der Waals surface area contributed by atoms with E-state index < -0.39 is 5.97 Å². The number of nitriles is 1. The first-order valence-corrected chi connectivity index (χ1v) is 8.31. The van der Waals surface area contributed by atoms with Crippen LogP contribution in [0.4, 0.5) is 0 Å². The number of methoxy groups -OCH3 is 1. The fraction of sp³-hybridized carbons (Fsp3) is 0.238. The average molecular weight is 351 g/mol. The molecule has 26 heavy (non-hydrogen) atoms. The Labute approximate surface area is 153 Å². The van der Waals surface area contributed by atoms with Crippen molar-refractivity contribution in [3.05, 3.63) is 65.2 Å². The van der Waals surface area contributed by atoms with Gasteiger partial charge >= 0.3 is 5.97 Å². The van der Waals surface area contributed by atoms with E-state index >= 15 is 0 Å². The molecular weight excluding hydrogens is 330 g/mol. The second kappa shape index (κ2) is 9.90. The first-order chi connectivity index (χ1) is 12.7. The molecule has 5 heteroatoms. The molecule has 0 radical (unpaired) electrons. The molecule has 0 heterocycles. The molecule has 0 aliphatic heterocycles. The van der Waals surface area contributed by atoms with Crippen molar-refractivity contribution in [2.45, 2.75) is 20.0 Å². The second-order valence-corrected chi connectivity index (χ2v) is 5.49. The molecule has 0 atom stereocenters. The normalized spacial score (nSPS) is 10.7. The minimum Gasteiger partial charge on any atom is -0.493 e. The van der Waals surface area contributed by atoms with Gasteiger partial charge in [0.05, 0.1) is 13.7 Å². The summed E-state index contributed by atoms with van der Waals surface area (Å²) in [6.45, 7) is 2.59. The lowest BCUT2D eigenvalue weighted by molar-refractivity contribution is -0.138. The summed E-state index contributed by atoms with van der Waals surface area (Å²) in [6, 6.07) is 16.9. The largest absolute Gasteiger partial charge is 0.493 e. The summed E-state index contributed by atoms with van der Waals surface area (Å²) in [5.41, 5.74) is 1.64. The van der Waals surface area contributed by atoms with Crippen LogP contribution in [0.3, 0.4) is 0 Å². The molecule has 0 aliphatic carbocycles. The lowest BCUT2D eigenvalue weighted by Gasteiger charge is -2.11. The van der Waals surface area contributed by atoms with Crippen LogP contribution in [0.25, 0.3) is 6.08 Å². The molecule has 0 saturated carbocycles. The predicted molar refractivity (Wildman–Crippen MR) is 98.6 cm³/mol. The highest BCUT2D eigenvalue weighted by atomic mass is 16.5. The lowest BCUT2D eigenvalue weighted by Crippen LogP contribution is -2.07. The molecule has 5 nitrogen and oxygen atoms in total. The average Bonchev–Trinajstić information content (AvgIpc) is 2.69. The van der Waals surface area contributed by atoms with Crippen LogP contribution in [0.1, 0.15) is 24.5 Å². The topological polar surface area (TPSA) is 68.6 Å². The highest BCUT2D eigenvalue weighted by molar-refractivity contribution is 5.97. The van der Waals surface area contributed by atoms with Crippen LogP contribution in [-0.2, 0) is 16.1 Å². The summed E-state index contributed by atoms with van der Waals surface area (Å²) in [4.78, 5) is 11.8. The van der Waals surface area contributed by atoms with Gasteiger partial charge in [-0.1, -0.05) is 43.3 Å². The van der Waals surface area contributed by atoms with Gasteiger partial charge in [-0.25, -0.2) is 4.79 Å². The predicted octanol–water partition coefficient (Wildman–Crippen LogP) is 4.13. The number of hydrogen-bond acceptors (Lipinski definition) is 5. The molecule has 2 aromatic rings. The van der Waals surface area contributed by atoms with Crippen LogP contribution in [-0.4, -0.2) is 19.7 Å². The molecule has 0 fully saturated rings. The van der Waals surface area contributed by atoms with Gasteiger partial charge in [-0.3, -0.25) is 0 Å². The maximum absolute atomic E-state index is 11.8. The zero-order valence-electron chi connectivity index (χ0n) is 14.9. The van der Waals surface area contributed by atoms with E-state index in [4.69, 9.17) is 14.2 Å². The van der Waals surface area contributed by atoms with Crippen LogP contribution in [0.5, 0.6) is 11.5 Å².